The number of nitrogens with zero attached hydrogens (tertiary/aromatic N) is 2. The van der Waals surface area contributed by atoms with Gasteiger partial charge in [-0.3, -0.25) is 15.1 Å². The Hall–Kier alpha value is -4.62. The molecule has 0 amide bonds. The average Bonchev–Trinajstić information content (AvgIpc) is 3.40. The number of hydrogen-bond acceptors (Lipinski definition) is 8. The Morgan fingerprint density at radius 2 is 1.98 bits per heavy atom. The number of pyridine rings is 1. The molecule has 3 aromatic carbocycles. The fraction of sp³-hybridized carbons (Fsp3) is 0.219. The zero-order chi connectivity index (χ0) is 29.6. The fourth-order valence-electron chi connectivity index (χ4n) is 5.03. The summed E-state index contributed by atoms with van der Waals surface area (Å²) in [5.74, 6) is -0.182. The molecule has 1 aliphatic carbocycles. The number of benzene rings is 3. The van der Waals surface area contributed by atoms with Crippen molar-refractivity contribution in [3.05, 3.63) is 106 Å². The normalized spacial score (nSPS) is 14.5. The first kappa shape index (κ1) is 28.9. The summed E-state index contributed by atoms with van der Waals surface area (Å²) in [4.78, 5) is 15.5. The second-order valence-corrected chi connectivity index (χ2v) is 10.3. The zero-order valence-corrected chi connectivity index (χ0v) is 23.2. The molecule has 4 aromatic rings. The lowest BCUT2D eigenvalue weighted by Gasteiger charge is -2.20. The van der Waals surface area contributed by atoms with Gasteiger partial charge in [0.25, 0.3) is 0 Å². The number of aromatic nitrogens is 1. The van der Waals surface area contributed by atoms with Crippen molar-refractivity contribution in [3.63, 3.8) is 0 Å². The molecule has 0 bridgehead atoms. The van der Waals surface area contributed by atoms with E-state index in [1.54, 1.807) is 36.5 Å². The topological polar surface area (TPSA) is 145 Å². The molecular weight excluding hydrogens is 558 g/mol. The summed E-state index contributed by atoms with van der Waals surface area (Å²) in [7, 11) is 0. The lowest BCUT2D eigenvalue weighted by molar-refractivity contribution is -0.140. The second-order valence-electron chi connectivity index (χ2n) is 9.90. The molecule has 1 heterocycles. The summed E-state index contributed by atoms with van der Waals surface area (Å²) < 4.78 is 12.6. The Bertz CT molecular complexity index is 1650. The SMILES string of the molecule is N#Cc1cncc(COc2cc(OC3CCc4c(-c5cccc(O)c5)cccc43)c(Cl)cc2CN[C@@H](CO)C(=O)O)c1. The van der Waals surface area contributed by atoms with Gasteiger partial charge in [0.05, 0.1) is 17.2 Å². The number of nitrogens with one attached hydrogen (secondary N) is 1. The molecule has 1 aromatic heterocycles. The van der Waals surface area contributed by atoms with Gasteiger partial charge in [-0.1, -0.05) is 41.9 Å². The number of phenols is 1. The van der Waals surface area contributed by atoms with Crippen LogP contribution in [-0.4, -0.2) is 38.9 Å². The largest absolute Gasteiger partial charge is 0.508 e. The third-order valence-electron chi connectivity index (χ3n) is 7.09. The highest BCUT2D eigenvalue weighted by molar-refractivity contribution is 6.32. The van der Waals surface area contributed by atoms with Gasteiger partial charge in [0.2, 0.25) is 0 Å². The molecule has 0 spiro atoms. The van der Waals surface area contributed by atoms with E-state index in [9.17, 15) is 25.4 Å². The van der Waals surface area contributed by atoms with Crippen molar-refractivity contribution in [2.45, 2.75) is 38.1 Å². The van der Waals surface area contributed by atoms with Gasteiger partial charge in [-0.2, -0.15) is 5.26 Å². The van der Waals surface area contributed by atoms with Gasteiger partial charge in [-0.15, -0.1) is 0 Å². The number of rotatable bonds is 11. The minimum Gasteiger partial charge on any atom is -0.508 e. The van der Waals surface area contributed by atoms with Crippen LogP contribution in [0.1, 0.15) is 40.3 Å². The highest BCUT2D eigenvalue weighted by Gasteiger charge is 2.28. The molecule has 5 rings (SSSR count). The Labute approximate surface area is 247 Å². The fourth-order valence-corrected chi connectivity index (χ4v) is 5.26. The summed E-state index contributed by atoms with van der Waals surface area (Å²) in [6.45, 7) is -0.430. The Balaban J connectivity index is 1.42. The number of fused-ring (bicyclic) bond motifs is 1. The molecule has 42 heavy (non-hydrogen) atoms. The standard InChI is InChI=1S/C32H28ClN3O6/c33-27-11-22(16-36-28(17-37)32(39)40)30(41-18-20-9-19(13-34)14-35-15-20)12-31(27)42-29-8-7-25-24(5-2-6-26(25)29)21-3-1-4-23(38)10-21/h1-6,9-12,14-15,28-29,36-38H,7-8,16-18H2,(H,39,40)/t28-,29?/m0/s1. The molecule has 214 valence electrons. The first-order valence-electron chi connectivity index (χ1n) is 13.3. The van der Waals surface area contributed by atoms with Gasteiger partial charge >= 0.3 is 5.97 Å². The third kappa shape index (κ3) is 6.47. The van der Waals surface area contributed by atoms with Crippen LogP contribution in [0.3, 0.4) is 0 Å². The van der Waals surface area contributed by atoms with Gasteiger partial charge in [0, 0.05) is 36.1 Å². The van der Waals surface area contributed by atoms with Gasteiger partial charge in [-0.25, -0.2) is 0 Å². The van der Waals surface area contributed by atoms with Crippen LogP contribution >= 0.6 is 11.6 Å². The summed E-state index contributed by atoms with van der Waals surface area (Å²) >= 11 is 6.67. The van der Waals surface area contributed by atoms with Crippen molar-refractivity contribution in [2.24, 2.45) is 0 Å². The van der Waals surface area contributed by atoms with Gasteiger partial charge in [-0.05, 0) is 59.4 Å². The minimum atomic E-state index is -1.18. The number of hydrogen-bond donors (Lipinski definition) is 4. The second kappa shape index (κ2) is 12.9. The maximum absolute atomic E-state index is 11.4. The molecule has 2 atom stereocenters. The Morgan fingerprint density at radius 3 is 2.74 bits per heavy atom. The van der Waals surface area contributed by atoms with E-state index in [-0.39, 0.29) is 25.0 Å². The van der Waals surface area contributed by atoms with Crippen molar-refractivity contribution in [1.29, 1.82) is 5.26 Å². The number of aliphatic carboxylic acids is 1. The predicted molar refractivity (Wildman–Crippen MR) is 155 cm³/mol. The first-order valence-corrected chi connectivity index (χ1v) is 13.7. The number of carboxylic acid groups (broad SMARTS) is 1. The van der Waals surface area contributed by atoms with Crippen LogP contribution in [0.4, 0.5) is 0 Å². The van der Waals surface area contributed by atoms with E-state index in [2.05, 4.69) is 16.4 Å². The number of aliphatic hydroxyl groups is 1. The molecule has 0 fully saturated rings. The molecular formula is C32H28ClN3O6. The third-order valence-corrected chi connectivity index (χ3v) is 7.39. The van der Waals surface area contributed by atoms with Gasteiger partial charge in [0.1, 0.15) is 42.1 Å². The van der Waals surface area contributed by atoms with Crippen LogP contribution in [0.15, 0.2) is 73.1 Å². The Kier molecular flexibility index (Phi) is 8.88. The Morgan fingerprint density at radius 1 is 1.14 bits per heavy atom. The summed E-state index contributed by atoms with van der Waals surface area (Å²) in [6.07, 6.45) is 4.30. The molecule has 0 radical (unpaired) electrons. The smallest absolute Gasteiger partial charge is 0.323 e. The van der Waals surface area contributed by atoms with Crippen molar-refractivity contribution >= 4 is 17.6 Å². The molecule has 4 N–H and O–H groups in total. The number of carbonyl (C=O) groups is 1. The van der Waals surface area contributed by atoms with E-state index in [0.29, 0.717) is 33.2 Å². The van der Waals surface area contributed by atoms with Crippen LogP contribution in [0.2, 0.25) is 5.02 Å². The van der Waals surface area contributed by atoms with Crippen LogP contribution in [-0.2, 0) is 24.4 Å². The minimum absolute atomic E-state index is 0.0584. The lowest BCUT2D eigenvalue weighted by Crippen LogP contribution is -2.39. The van der Waals surface area contributed by atoms with E-state index in [1.807, 2.05) is 30.3 Å². The van der Waals surface area contributed by atoms with Crippen LogP contribution in [0.25, 0.3) is 11.1 Å². The molecule has 0 aliphatic heterocycles. The zero-order valence-electron chi connectivity index (χ0n) is 22.5. The molecule has 1 unspecified atom stereocenters. The molecule has 0 saturated heterocycles. The number of aromatic hydroxyl groups is 1. The van der Waals surface area contributed by atoms with E-state index in [0.717, 1.165) is 35.1 Å². The highest BCUT2D eigenvalue weighted by Crippen LogP contribution is 2.43. The van der Waals surface area contributed by atoms with Gasteiger partial charge in [0.15, 0.2) is 0 Å². The van der Waals surface area contributed by atoms with Gasteiger partial charge < -0.3 is 24.8 Å². The molecule has 9 nitrogen and oxygen atoms in total. The van der Waals surface area contributed by atoms with E-state index < -0.39 is 18.6 Å². The lowest BCUT2D eigenvalue weighted by atomic mass is 9.96. The van der Waals surface area contributed by atoms with Crippen LogP contribution in [0.5, 0.6) is 17.2 Å². The number of ether oxygens (including phenoxy) is 2. The quantitative estimate of drug-likeness (QED) is 0.187. The maximum atomic E-state index is 11.4. The molecule has 1 aliphatic rings. The first-order chi connectivity index (χ1) is 20.4. The summed E-state index contributed by atoms with van der Waals surface area (Å²) in [6, 6.07) is 19.1. The summed E-state index contributed by atoms with van der Waals surface area (Å²) in [5.41, 5.74) is 5.78. The van der Waals surface area contributed by atoms with Crippen molar-refractivity contribution in [3.8, 4) is 34.4 Å². The average molecular weight is 586 g/mol. The maximum Gasteiger partial charge on any atom is 0.323 e. The number of carboxylic acids is 1. The number of nitriles is 1. The van der Waals surface area contributed by atoms with E-state index in [1.165, 1.54) is 6.20 Å². The highest BCUT2D eigenvalue weighted by atomic mass is 35.5. The van der Waals surface area contributed by atoms with Crippen molar-refractivity contribution < 1.29 is 29.6 Å². The number of halogens is 1. The van der Waals surface area contributed by atoms with Crippen LogP contribution < -0.4 is 14.8 Å². The monoisotopic (exact) mass is 585 g/mol. The number of phenolic OH excluding ortho intramolecular Hbond substituents is 1. The summed E-state index contributed by atoms with van der Waals surface area (Å²) in [5, 5.41) is 41.0. The number of aliphatic hydroxyl groups excluding tert-OH is 1. The van der Waals surface area contributed by atoms with Crippen molar-refractivity contribution in [2.75, 3.05) is 6.61 Å². The predicted octanol–water partition coefficient (Wildman–Crippen LogP) is 5.16. The van der Waals surface area contributed by atoms with Crippen molar-refractivity contribution in [1.82, 2.24) is 10.3 Å². The molecule has 0 saturated carbocycles. The van der Waals surface area contributed by atoms with Crippen LogP contribution in [0, 0.1) is 11.3 Å². The van der Waals surface area contributed by atoms with E-state index >= 15 is 0 Å². The van der Waals surface area contributed by atoms with E-state index in [4.69, 9.17) is 21.1 Å². The molecule has 10 heteroatoms.